The molecule has 0 unspecified atom stereocenters. The van der Waals surface area contributed by atoms with Crippen LogP contribution in [0.4, 0.5) is 5.69 Å². The van der Waals surface area contributed by atoms with Crippen LogP contribution in [0.2, 0.25) is 0 Å². The summed E-state index contributed by atoms with van der Waals surface area (Å²) in [5, 5.41) is 0.736. The van der Waals surface area contributed by atoms with E-state index in [-0.39, 0.29) is 5.78 Å². The first-order chi connectivity index (χ1) is 17.1. The van der Waals surface area contributed by atoms with Gasteiger partial charge in [0.1, 0.15) is 28.8 Å². The van der Waals surface area contributed by atoms with Gasteiger partial charge in [0.25, 0.3) is 0 Å². The number of ether oxygens (including phenoxy) is 3. The fourth-order valence-electron chi connectivity index (χ4n) is 3.74. The third-order valence-electron chi connectivity index (χ3n) is 5.45. The highest BCUT2D eigenvalue weighted by Crippen LogP contribution is 2.37. The molecule has 0 N–H and O–H groups in total. The molecule has 1 aromatic heterocycles. The van der Waals surface area contributed by atoms with Crippen LogP contribution in [0.15, 0.2) is 72.9 Å². The number of rotatable bonds is 10. The highest BCUT2D eigenvalue weighted by Gasteiger charge is 2.12. The minimum atomic E-state index is 0.125. The molecule has 3 aromatic carbocycles. The van der Waals surface area contributed by atoms with Crippen molar-refractivity contribution in [3.05, 3.63) is 95.5 Å². The van der Waals surface area contributed by atoms with Gasteiger partial charge in [-0.1, -0.05) is 31.2 Å². The number of pyridine rings is 1. The van der Waals surface area contributed by atoms with Gasteiger partial charge in [0.15, 0.2) is 0 Å². The lowest BCUT2D eigenvalue weighted by atomic mass is 10.0. The highest BCUT2D eigenvalue weighted by atomic mass is 16.5. The Kier molecular flexibility index (Phi) is 7.59. The molecule has 6 nitrogen and oxygen atoms in total. The molecule has 0 spiro atoms. The second-order valence-electron chi connectivity index (χ2n) is 8.10. The van der Waals surface area contributed by atoms with Crippen LogP contribution in [-0.2, 0) is 17.6 Å². The average Bonchev–Trinajstić information content (AvgIpc) is 2.88. The maximum atomic E-state index is 12.5. The molecule has 176 valence electrons. The van der Waals surface area contributed by atoms with Crippen LogP contribution in [0, 0.1) is 6.57 Å². The number of nitrogens with zero attached hydrogens (tertiary/aromatic N) is 2. The number of hydrogen-bond donors (Lipinski definition) is 0. The second kappa shape index (κ2) is 11.2. The van der Waals surface area contributed by atoms with Crippen molar-refractivity contribution in [1.82, 2.24) is 4.98 Å². The third-order valence-corrected chi connectivity index (χ3v) is 5.45. The zero-order valence-electron chi connectivity index (χ0n) is 19.8. The number of carbonyl (C=O) groups is 1. The minimum absolute atomic E-state index is 0.125. The van der Waals surface area contributed by atoms with Gasteiger partial charge in [-0.2, -0.15) is 0 Å². The summed E-state index contributed by atoms with van der Waals surface area (Å²) in [6.45, 7) is 10.1. The molecule has 0 saturated heterocycles. The predicted octanol–water partition coefficient (Wildman–Crippen LogP) is 6.73. The Bertz CT molecular complexity index is 1370. The normalized spacial score (nSPS) is 10.5. The molecule has 0 radical (unpaired) electrons. The van der Waals surface area contributed by atoms with Gasteiger partial charge in [-0.3, -0.25) is 9.78 Å². The Labute approximate surface area is 204 Å². The molecule has 0 amide bonds. The molecule has 4 rings (SSSR count). The first-order valence-corrected chi connectivity index (χ1v) is 11.4. The van der Waals surface area contributed by atoms with Crippen LogP contribution in [0.1, 0.15) is 24.5 Å². The number of fused-ring (bicyclic) bond motifs is 1. The first kappa shape index (κ1) is 23.8. The third kappa shape index (κ3) is 5.96. The van der Waals surface area contributed by atoms with Crippen LogP contribution in [-0.4, -0.2) is 24.5 Å². The Balaban J connectivity index is 1.46. The van der Waals surface area contributed by atoms with Crippen molar-refractivity contribution in [3.63, 3.8) is 0 Å². The molecule has 0 bridgehead atoms. The Morgan fingerprint density at radius 2 is 1.74 bits per heavy atom. The van der Waals surface area contributed by atoms with Crippen LogP contribution < -0.4 is 14.2 Å². The van der Waals surface area contributed by atoms with E-state index in [2.05, 4.69) is 9.83 Å². The fourth-order valence-corrected chi connectivity index (χ4v) is 3.74. The Hall–Kier alpha value is -4.37. The fraction of sp³-hybridized carbons (Fsp3) is 0.207. The molecular weight excluding hydrogens is 440 g/mol. The molecule has 35 heavy (non-hydrogen) atoms. The van der Waals surface area contributed by atoms with Gasteiger partial charge in [0.05, 0.1) is 25.8 Å². The summed E-state index contributed by atoms with van der Waals surface area (Å²) in [4.78, 5) is 20.6. The molecule has 0 fully saturated rings. The molecule has 0 aliphatic heterocycles. The number of Topliss-reactive ketones (excluding diaryl/α,β-unsaturated/α-hetero) is 1. The van der Waals surface area contributed by atoms with E-state index in [4.69, 9.17) is 20.8 Å². The van der Waals surface area contributed by atoms with Crippen molar-refractivity contribution in [3.8, 4) is 23.0 Å². The van der Waals surface area contributed by atoms with Gasteiger partial charge >= 0.3 is 0 Å². The van der Waals surface area contributed by atoms with Gasteiger partial charge in [-0.15, -0.1) is 0 Å². The first-order valence-electron chi connectivity index (χ1n) is 11.4. The van der Waals surface area contributed by atoms with E-state index in [1.54, 1.807) is 31.5 Å². The lowest BCUT2D eigenvalue weighted by Gasteiger charge is -2.12. The van der Waals surface area contributed by atoms with Crippen molar-refractivity contribution in [1.29, 1.82) is 0 Å². The van der Waals surface area contributed by atoms with Crippen molar-refractivity contribution in [2.24, 2.45) is 0 Å². The van der Waals surface area contributed by atoms with Gasteiger partial charge in [0, 0.05) is 24.4 Å². The van der Waals surface area contributed by atoms with Crippen molar-refractivity contribution >= 4 is 22.4 Å². The maximum absolute atomic E-state index is 12.5. The smallest absolute Gasteiger partial charge is 0.229 e. The zero-order valence-corrected chi connectivity index (χ0v) is 19.8. The summed E-state index contributed by atoms with van der Waals surface area (Å²) in [5.74, 6) is 2.64. The van der Waals surface area contributed by atoms with E-state index < -0.39 is 0 Å². The molecular formula is C29H26N2O4. The second-order valence-corrected chi connectivity index (χ2v) is 8.10. The van der Waals surface area contributed by atoms with Gasteiger partial charge in [0.2, 0.25) is 5.69 Å². The average molecular weight is 467 g/mol. The highest BCUT2D eigenvalue weighted by molar-refractivity contribution is 5.91. The van der Waals surface area contributed by atoms with E-state index in [1.807, 2.05) is 55.5 Å². The van der Waals surface area contributed by atoms with E-state index in [0.717, 1.165) is 28.7 Å². The van der Waals surface area contributed by atoms with Crippen molar-refractivity contribution < 1.29 is 19.0 Å². The summed E-state index contributed by atoms with van der Waals surface area (Å²) >= 11 is 0. The lowest BCUT2D eigenvalue weighted by Crippen LogP contribution is -2.06. The van der Waals surface area contributed by atoms with Gasteiger partial charge in [-0.05, 0) is 60.0 Å². The van der Waals surface area contributed by atoms with Crippen LogP contribution >= 0.6 is 0 Å². The summed E-state index contributed by atoms with van der Waals surface area (Å²) in [6.07, 6.45) is 3.22. The van der Waals surface area contributed by atoms with Crippen molar-refractivity contribution in [2.75, 3.05) is 13.7 Å². The maximum Gasteiger partial charge on any atom is 0.229 e. The molecule has 0 saturated carbocycles. The number of carbonyl (C=O) groups excluding carboxylic acids is 1. The zero-order chi connectivity index (χ0) is 24.6. The van der Waals surface area contributed by atoms with E-state index in [9.17, 15) is 4.79 Å². The monoisotopic (exact) mass is 466 g/mol. The molecule has 0 aliphatic carbocycles. The number of methoxy groups -OCH3 is 1. The minimum Gasteiger partial charge on any atom is -0.505 e. The Morgan fingerprint density at radius 1 is 0.943 bits per heavy atom. The van der Waals surface area contributed by atoms with E-state index in [1.165, 1.54) is 0 Å². The van der Waals surface area contributed by atoms with E-state index in [0.29, 0.717) is 47.9 Å². The van der Waals surface area contributed by atoms with E-state index >= 15 is 0 Å². The predicted molar refractivity (Wildman–Crippen MR) is 136 cm³/mol. The SMILES string of the molecule is [C-]#[N+]c1cc2c(Oc3ccc(CC(=O)Cc4cccc(OC)c4)cc3)ccnc2cc1OCCC. The standard InChI is InChI=1S/C29H26N2O4/c1-4-14-34-29-19-26-25(18-27(29)30-2)28(12-13-31-26)35-23-10-8-20(9-11-23)15-22(32)16-21-6-5-7-24(17-21)33-3/h5-13,17-19H,4,14-16H2,1,3H3. The summed E-state index contributed by atoms with van der Waals surface area (Å²) in [5.41, 5.74) is 2.97. The number of hydrogen-bond acceptors (Lipinski definition) is 5. The largest absolute Gasteiger partial charge is 0.505 e. The quantitative estimate of drug-likeness (QED) is 0.243. The van der Waals surface area contributed by atoms with Crippen LogP contribution in [0.3, 0.4) is 0 Å². The van der Waals surface area contributed by atoms with Crippen molar-refractivity contribution in [2.45, 2.75) is 26.2 Å². The molecule has 4 aromatic rings. The summed E-state index contributed by atoms with van der Waals surface area (Å²) in [6, 6.07) is 20.3. The molecule has 0 atom stereocenters. The number of aromatic nitrogens is 1. The van der Waals surface area contributed by atoms with Gasteiger partial charge < -0.3 is 14.2 Å². The van der Waals surface area contributed by atoms with Crippen LogP contribution in [0.5, 0.6) is 23.0 Å². The topological polar surface area (TPSA) is 62.0 Å². The Morgan fingerprint density at radius 3 is 2.49 bits per heavy atom. The van der Waals surface area contributed by atoms with Gasteiger partial charge in [-0.25, -0.2) is 4.85 Å². The van der Waals surface area contributed by atoms with Crippen LogP contribution in [0.25, 0.3) is 15.7 Å². The molecule has 1 heterocycles. The summed E-state index contributed by atoms with van der Waals surface area (Å²) < 4.78 is 17.0. The summed E-state index contributed by atoms with van der Waals surface area (Å²) in [7, 11) is 1.61. The molecule has 0 aliphatic rings. The lowest BCUT2D eigenvalue weighted by molar-refractivity contribution is -0.117. The molecule has 6 heteroatoms. The number of ketones is 1. The number of benzene rings is 3.